The zero-order valence-electron chi connectivity index (χ0n) is 17.6. The number of rotatable bonds is 8. The van der Waals surface area contributed by atoms with Crippen molar-refractivity contribution in [1.82, 2.24) is 9.62 Å². The van der Waals surface area contributed by atoms with Gasteiger partial charge in [-0.2, -0.15) is 0 Å². The fourth-order valence-electron chi connectivity index (χ4n) is 4.28. The van der Waals surface area contributed by atoms with Crippen molar-refractivity contribution in [2.45, 2.75) is 48.5 Å². The lowest BCUT2D eigenvalue weighted by atomic mass is 9.70. The highest BCUT2D eigenvalue weighted by Gasteiger charge is 2.37. The summed E-state index contributed by atoms with van der Waals surface area (Å²) < 4.78 is 16.5. The summed E-state index contributed by atoms with van der Waals surface area (Å²) in [6.07, 6.45) is 4.85. The molecule has 164 valence electrons. The number of nitrogens with zero attached hydrogens (tertiary/aromatic N) is 2. The zero-order valence-corrected chi connectivity index (χ0v) is 20.0. The molecule has 1 atom stereocenters. The summed E-state index contributed by atoms with van der Waals surface area (Å²) in [5.74, 6) is 0.000629. The predicted octanol–water partition coefficient (Wildman–Crippen LogP) is 4.49. The minimum Gasteiger partial charge on any atom is -0.339 e. The van der Waals surface area contributed by atoms with E-state index in [0.717, 1.165) is 43.1 Å². The third kappa shape index (κ3) is 5.16. The molecule has 2 fully saturated rings. The Morgan fingerprint density at radius 2 is 1.90 bits per heavy atom. The van der Waals surface area contributed by atoms with E-state index >= 15 is 0 Å². The first-order valence-electron chi connectivity index (χ1n) is 10.8. The van der Waals surface area contributed by atoms with Crippen LogP contribution in [0.1, 0.15) is 48.0 Å². The molecule has 2 aliphatic rings. The lowest BCUT2D eigenvalue weighted by Crippen LogP contribution is -2.45. The first-order chi connectivity index (χ1) is 15.0. The molecule has 1 heterocycles. The minimum atomic E-state index is -1.32. The fraction of sp³-hybridized carbons (Fsp3) is 0.417. The molecule has 31 heavy (non-hydrogen) atoms. The second-order valence-electron chi connectivity index (χ2n) is 8.44. The zero-order chi connectivity index (χ0) is 21.8. The SMILES string of the molecule is C=NCCC1(c2ccccc2)CCN(C(=O)c2ccc(Br)c(S(=O)NC3CC3)c2)CC1. The minimum absolute atomic E-state index is 0.000629. The Morgan fingerprint density at radius 1 is 1.19 bits per heavy atom. The van der Waals surface area contributed by atoms with Gasteiger partial charge in [0, 0.05) is 41.1 Å². The van der Waals surface area contributed by atoms with Crippen molar-refractivity contribution in [1.29, 1.82) is 0 Å². The summed E-state index contributed by atoms with van der Waals surface area (Å²) in [6, 6.07) is 16.3. The largest absolute Gasteiger partial charge is 0.339 e. The summed E-state index contributed by atoms with van der Waals surface area (Å²) in [5, 5.41) is 0. The maximum absolute atomic E-state index is 13.2. The monoisotopic (exact) mass is 501 g/mol. The number of halogens is 1. The Morgan fingerprint density at radius 3 is 2.55 bits per heavy atom. The molecule has 1 amide bonds. The van der Waals surface area contributed by atoms with Crippen molar-refractivity contribution >= 4 is 39.5 Å². The van der Waals surface area contributed by atoms with Gasteiger partial charge in [0.2, 0.25) is 0 Å². The predicted molar refractivity (Wildman–Crippen MR) is 129 cm³/mol. The van der Waals surface area contributed by atoms with Crippen molar-refractivity contribution in [3.8, 4) is 0 Å². The lowest BCUT2D eigenvalue weighted by molar-refractivity contribution is 0.0660. The van der Waals surface area contributed by atoms with E-state index in [4.69, 9.17) is 0 Å². The smallest absolute Gasteiger partial charge is 0.253 e. The Hall–Kier alpha value is -1.83. The standard InChI is InChI=1S/C24H28BrN3O2S/c1-26-14-11-24(19-5-3-2-4-6-19)12-15-28(16-13-24)23(29)18-7-10-21(25)22(17-18)31(30)27-20-8-9-20/h2-7,10,17,20,27H,1,8-9,11-16H2. The van der Waals surface area contributed by atoms with Gasteiger partial charge in [0.15, 0.2) is 0 Å². The molecule has 7 heteroatoms. The highest BCUT2D eigenvalue weighted by atomic mass is 79.9. The van der Waals surface area contributed by atoms with Gasteiger partial charge in [0.25, 0.3) is 5.91 Å². The van der Waals surface area contributed by atoms with E-state index in [9.17, 15) is 9.00 Å². The van der Waals surface area contributed by atoms with Gasteiger partial charge in [-0.3, -0.25) is 4.79 Å². The maximum atomic E-state index is 13.2. The molecule has 5 nitrogen and oxygen atoms in total. The van der Waals surface area contributed by atoms with Gasteiger partial charge >= 0.3 is 0 Å². The molecule has 1 saturated heterocycles. The molecule has 0 spiro atoms. The van der Waals surface area contributed by atoms with Crippen LogP contribution in [-0.2, 0) is 16.4 Å². The molecule has 1 aliphatic heterocycles. The van der Waals surface area contributed by atoms with E-state index in [1.807, 2.05) is 23.1 Å². The van der Waals surface area contributed by atoms with Crippen LogP contribution in [-0.4, -0.2) is 47.4 Å². The quantitative estimate of drug-likeness (QED) is 0.541. The van der Waals surface area contributed by atoms with Gasteiger partial charge in [-0.25, -0.2) is 8.93 Å². The van der Waals surface area contributed by atoms with Crippen molar-refractivity contribution in [3.63, 3.8) is 0 Å². The summed E-state index contributed by atoms with van der Waals surface area (Å²) in [4.78, 5) is 19.9. The maximum Gasteiger partial charge on any atom is 0.253 e. The number of hydrogen-bond acceptors (Lipinski definition) is 3. The number of hydrogen-bond donors (Lipinski definition) is 1. The highest BCUT2D eigenvalue weighted by Crippen LogP contribution is 2.39. The molecule has 1 saturated carbocycles. The molecule has 2 aromatic rings. The van der Waals surface area contributed by atoms with E-state index in [1.165, 1.54) is 5.56 Å². The van der Waals surface area contributed by atoms with Crippen LogP contribution >= 0.6 is 15.9 Å². The summed E-state index contributed by atoms with van der Waals surface area (Å²) in [7, 11) is -1.32. The molecular weight excluding hydrogens is 474 g/mol. The third-order valence-electron chi connectivity index (χ3n) is 6.37. The third-order valence-corrected chi connectivity index (χ3v) is 8.61. The Labute approximate surface area is 195 Å². The van der Waals surface area contributed by atoms with Gasteiger partial charge < -0.3 is 9.89 Å². The van der Waals surface area contributed by atoms with Gasteiger partial charge in [0.1, 0.15) is 11.0 Å². The highest BCUT2D eigenvalue weighted by molar-refractivity contribution is 9.10. The van der Waals surface area contributed by atoms with Crippen LogP contribution in [0.3, 0.4) is 0 Å². The molecule has 1 aliphatic carbocycles. The average molecular weight is 502 g/mol. The van der Waals surface area contributed by atoms with Crippen LogP contribution in [0.5, 0.6) is 0 Å². The second-order valence-corrected chi connectivity index (χ2v) is 10.5. The van der Waals surface area contributed by atoms with E-state index in [-0.39, 0.29) is 11.3 Å². The van der Waals surface area contributed by atoms with Crippen molar-refractivity contribution in [3.05, 3.63) is 64.1 Å². The van der Waals surface area contributed by atoms with E-state index < -0.39 is 11.0 Å². The first kappa shape index (κ1) is 22.4. The number of nitrogens with one attached hydrogen (secondary N) is 1. The summed E-state index contributed by atoms with van der Waals surface area (Å²) in [5.41, 5.74) is 1.93. The molecule has 1 N–H and O–H groups in total. The van der Waals surface area contributed by atoms with Crippen LogP contribution in [0, 0.1) is 0 Å². The van der Waals surface area contributed by atoms with Gasteiger partial charge in [0.05, 0.1) is 4.90 Å². The second kappa shape index (κ2) is 9.76. The van der Waals surface area contributed by atoms with E-state index in [0.29, 0.717) is 29.6 Å². The molecule has 0 aromatic heterocycles. The van der Waals surface area contributed by atoms with Crippen molar-refractivity contribution in [2.24, 2.45) is 4.99 Å². The van der Waals surface area contributed by atoms with Gasteiger partial charge in [-0.05, 0) is 78.5 Å². The Kier molecular flexibility index (Phi) is 7.04. The van der Waals surface area contributed by atoms with Crippen LogP contribution < -0.4 is 4.72 Å². The van der Waals surface area contributed by atoms with Crippen LogP contribution in [0.25, 0.3) is 0 Å². The number of likely N-dealkylation sites (tertiary alicyclic amines) is 1. The van der Waals surface area contributed by atoms with Crippen molar-refractivity contribution in [2.75, 3.05) is 19.6 Å². The summed E-state index contributed by atoms with van der Waals surface area (Å²) in [6.45, 7) is 5.76. The Bertz CT molecular complexity index is 970. The number of aliphatic imine (C=N–C) groups is 1. The molecular formula is C24H28BrN3O2S. The van der Waals surface area contributed by atoms with E-state index in [2.05, 4.69) is 56.6 Å². The molecule has 0 bridgehead atoms. The lowest BCUT2D eigenvalue weighted by Gasteiger charge is -2.42. The molecule has 2 aromatic carbocycles. The summed E-state index contributed by atoms with van der Waals surface area (Å²) >= 11 is 3.48. The normalized spacial score (nSPS) is 19.1. The first-order valence-corrected chi connectivity index (χ1v) is 12.7. The number of carbonyl (C=O) groups is 1. The Balaban J connectivity index is 1.48. The average Bonchev–Trinajstić information content (AvgIpc) is 3.62. The molecule has 0 radical (unpaired) electrons. The fourth-order valence-corrected chi connectivity index (χ4v) is 6.11. The number of amides is 1. The number of benzene rings is 2. The molecule has 1 unspecified atom stereocenters. The molecule has 4 rings (SSSR count). The van der Waals surface area contributed by atoms with Crippen LogP contribution in [0.2, 0.25) is 0 Å². The number of carbonyl (C=O) groups excluding carboxylic acids is 1. The topological polar surface area (TPSA) is 61.8 Å². The van der Waals surface area contributed by atoms with Crippen LogP contribution in [0.4, 0.5) is 0 Å². The number of piperidine rings is 1. The van der Waals surface area contributed by atoms with Gasteiger partial charge in [-0.1, -0.05) is 30.3 Å². The van der Waals surface area contributed by atoms with Crippen LogP contribution in [0.15, 0.2) is 62.9 Å². The van der Waals surface area contributed by atoms with E-state index in [1.54, 1.807) is 6.07 Å². The van der Waals surface area contributed by atoms with Gasteiger partial charge in [-0.15, -0.1) is 0 Å². The van der Waals surface area contributed by atoms with Crippen molar-refractivity contribution < 1.29 is 9.00 Å².